The van der Waals surface area contributed by atoms with Gasteiger partial charge >= 0.3 is 0 Å². The van der Waals surface area contributed by atoms with Gasteiger partial charge in [0.2, 0.25) is 5.95 Å². The van der Waals surface area contributed by atoms with Gasteiger partial charge in [-0.15, -0.1) is 11.3 Å². The lowest BCUT2D eigenvalue weighted by Crippen LogP contribution is -2.15. The van der Waals surface area contributed by atoms with Crippen molar-refractivity contribution >= 4 is 17.3 Å². The molecule has 0 unspecified atom stereocenters. The fraction of sp³-hybridized carbons (Fsp3) is 0.571. The van der Waals surface area contributed by atoms with E-state index in [2.05, 4.69) is 31.4 Å². The summed E-state index contributed by atoms with van der Waals surface area (Å²) in [6.07, 6.45) is 10.6. The maximum Gasteiger partial charge on any atom is 0.203 e. The highest BCUT2D eigenvalue weighted by molar-refractivity contribution is 7.09. The molecule has 1 aliphatic rings. The summed E-state index contributed by atoms with van der Waals surface area (Å²) in [6.45, 7) is 2.80. The lowest BCUT2D eigenvalue weighted by atomic mass is 9.95. The standard InChI is InChI=1S/C14H20N4S/c1-11-10-19-13(17-11)9-16-14-15-7-8-18(14)12-5-3-2-4-6-12/h7-8,10,12H,2-6,9H2,1H3,(H,15,16). The number of anilines is 1. The molecule has 2 heterocycles. The maximum atomic E-state index is 4.47. The predicted molar refractivity (Wildman–Crippen MR) is 78.5 cm³/mol. The van der Waals surface area contributed by atoms with Crippen LogP contribution >= 0.6 is 11.3 Å². The van der Waals surface area contributed by atoms with Crippen LogP contribution in [0.5, 0.6) is 0 Å². The van der Waals surface area contributed by atoms with E-state index < -0.39 is 0 Å². The fourth-order valence-corrected chi connectivity index (χ4v) is 3.45. The second-order valence-electron chi connectivity index (χ2n) is 5.19. The van der Waals surface area contributed by atoms with E-state index in [1.807, 2.05) is 13.1 Å². The van der Waals surface area contributed by atoms with Gasteiger partial charge in [0.15, 0.2) is 0 Å². The first kappa shape index (κ1) is 12.7. The Morgan fingerprint density at radius 3 is 2.95 bits per heavy atom. The Kier molecular flexibility index (Phi) is 3.82. The first-order valence-electron chi connectivity index (χ1n) is 7.00. The number of imidazole rings is 1. The number of aromatic nitrogens is 3. The van der Waals surface area contributed by atoms with Crippen molar-refractivity contribution in [2.75, 3.05) is 5.32 Å². The summed E-state index contributed by atoms with van der Waals surface area (Å²) in [5.41, 5.74) is 1.09. The quantitative estimate of drug-likeness (QED) is 0.924. The van der Waals surface area contributed by atoms with Crippen molar-refractivity contribution in [3.05, 3.63) is 28.5 Å². The Morgan fingerprint density at radius 1 is 1.37 bits per heavy atom. The van der Waals surface area contributed by atoms with Gasteiger partial charge in [0.05, 0.1) is 6.54 Å². The van der Waals surface area contributed by atoms with E-state index in [1.165, 1.54) is 32.1 Å². The van der Waals surface area contributed by atoms with Crippen molar-refractivity contribution in [1.82, 2.24) is 14.5 Å². The van der Waals surface area contributed by atoms with Crippen molar-refractivity contribution in [3.63, 3.8) is 0 Å². The molecule has 1 aliphatic carbocycles. The SMILES string of the molecule is Cc1csc(CNc2nccn2C2CCCCC2)n1. The Morgan fingerprint density at radius 2 is 2.21 bits per heavy atom. The fourth-order valence-electron chi connectivity index (χ4n) is 2.74. The zero-order chi connectivity index (χ0) is 13.1. The molecule has 1 saturated carbocycles. The third-order valence-electron chi connectivity index (χ3n) is 3.70. The highest BCUT2D eigenvalue weighted by atomic mass is 32.1. The van der Waals surface area contributed by atoms with Crippen LogP contribution in [0.3, 0.4) is 0 Å². The average molecular weight is 276 g/mol. The largest absolute Gasteiger partial charge is 0.349 e. The van der Waals surface area contributed by atoms with E-state index >= 15 is 0 Å². The molecule has 19 heavy (non-hydrogen) atoms. The van der Waals surface area contributed by atoms with Crippen LogP contribution in [0.1, 0.15) is 48.8 Å². The number of hydrogen-bond donors (Lipinski definition) is 1. The summed E-state index contributed by atoms with van der Waals surface area (Å²) in [5, 5.41) is 6.63. The molecule has 0 bridgehead atoms. The third kappa shape index (κ3) is 2.97. The molecule has 2 aromatic heterocycles. The van der Waals surface area contributed by atoms with Crippen LogP contribution in [-0.4, -0.2) is 14.5 Å². The molecule has 2 aromatic rings. The predicted octanol–water partition coefficient (Wildman–Crippen LogP) is 3.77. The molecule has 0 spiro atoms. The minimum absolute atomic E-state index is 0.622. The van der Waals surface area contributed by atoms with Gasteiger partial charge in [-0.2, -0.15) is 0 Å². The maximum absolute atomic E-state index is 4.47. The normalized spacial score (nSPS) is 16.7. The van der Waals surface area contributed by atoms with Gasteiger partial charge in [-0.05, 0) is 19.8 Å². The summed E-state index contributed by atoms with van der Waals surface area (Å²) < 4.78 is 2.31. The first-order valence-corrected chi connectivity index (χ1v) is 7.88. The van der Waals surface area contributed by atoms with Crippen LogP contribution in [0.25, 0.3) is 0 Å². The second-order valence-corrected chi connectivity index (χ2v) is 6.13. The molecular weight excluding hydrogens is 256 g/mol. The van der Waals surface area contributed by atoms with Crippen LogP contribution in [0, 0.1) is 6.92 Å². The summed E-state index contributed by atoms with van der Waals surface area (Å²) in [4.78, 5) is 8.91. The first-order chi connectivity index (χ1) is 9.33. The molecule has 1 fully saturated rings. The van der Waals surface area contributed by atoms with Gasteiger partial charge in [-0.25, -0.2) is 9.97 Å². The van der Waals surface area contributed by atoms with Crippen molar-refractivity contribution in [1.29, 1.82) is 0 Å². The van der Waals surface area contributed by atoms with Gasteiger partial charge in [-0.1, -0.05) is 19.3 Å². The minimum atomic E-state index is 0.622. The second kappa shape index (κ2) is 5.74. The topological polar surface area (TPSA) is 42.7 Å². The highest BCUT2D eigenvalue weighted by Gasteiger charge is 2.17. The monoisotopic (exact) mass is 276 g/mol. The van der Waals surface area contributed by atoms with Crippen molar-refractivity contribution < 1.29 is 0 Å². The van der Waals surface area contributed by atoms with Gasteiger partial charge in [0.25, 0.3) is 0 Å². The molecular formula is C14H20N4S. The van der Waals surface area contributed by atoms with Crippen LogP contribution in [-0.2, 0) is 6.54 Å². The molecule has 0 aromatic carbocycles. The van der Waals surface area contributed by atoms with Gasteiger partial charge < -0.3 is 9.88 Å². The zero-order valence-corrected chi connectivity index (χ0v) is 12.1. The Hall–Kier alpha value is -1.36. The smallest absolute Gasteiger partial charge is 0.203 e. The van der Waals surface area contributed by atoms with Gasteiger partial charge in [0, 0.05) is 29.5 Å². The number of rotatable bonds is 4. The highest BCUT2D eigenvalue weighted by Crippen LogP contribution is 2.30. The van der Waals surface area contributed by atoms with Crippen molar-refractivity contribution in [3.8, 4) is 0 Å². The summed E-state index contributed by atoms with van der Waals surface area (Å²) in [5.74, 6) is 0.986. The third-order valence-corrected chi connectivity index (χ3v) is 4.67. The number of nitrogens with zero attached hydrogens (tertiary/aromatic N) is 3. The van der Waals surface area contributed by atoms with Crippen LogP contribution in [0.15, 0.2) is 17.8 Å². The Balaban J connectivity index is 1.66. The van der Waals surface area contributed by atoms with Crippen molar-refractivity contribution in [2.24, 2.45) is 0 Å². The number of hydrogen-bond acceptors (Lipinski definition) is 4. The van der Waals surface area contributed by atoms with Crippen LogP contribution < -0.4 is 5.32 Å². The molecule has 0 radical (unpaired) electrons. The molecule has 0 amide bonds. The summed E-state index contributed by atoms with van der Waals surface area (Å²) in [7, 11) is 0. The van der Waals surface area contributed by atoms with E-state index in [0.717, 1.165) is 23.2 Å². The lowest BCUT2D eigenvalue weighted by molar-refractivity contribution is 0.356. The van der Waals surface area contributed by atoms with E-state index in [-0.39, 0.29) is 0 Å². The van der Waals surface area contributed by atoms with Gasteiger partial charge in [0.1, 0.15) is 5.01 Å². The molecule has 5 heteroatoms. The number of aryl methyl sites for hydroxylation is 1. The van der Waals surface area contributed by atoms with E-state index in [9.17, 15) is 0 Å². The molecule has 0 atom stereocenters. The Labute approximate surface area is 117 Å². The van der Waals surface area contributed by atoms with Crippen LogP contribution in [0.4, 0.5) is 5.95 Å². The molecule has 3 rings (SSSR count). The van der Waals surface area contributed by atoms with E-state index in [1.54, 1.807) is 11.3 Å². The number of nitrogens with one attached hydrogen (secondary N) is 1. The molecule has 0 aliphatic heterocycles. The van der Waals surface area contributed by atoms with Crippen LogP contribution in [0.2, 0.25) is 0 Å². The van der Waals surface area contributed by atoms with Gasteiger partial charge in [-0.3, -0.25) is 0 Å². The molecule has 4 nitrogen and oxygen atoms in total. The number of thiazole rings is 1. The minimum Gasteiger partial charge on any atom is -0.349 e. The summed E-state index contributed by atoms with van der Waals surface area (Å²) in [6, 6.07) is 0.622. The zero-order valence-electron chi connectivity index (χ0n) is 11.3. The molecule has 0 saturated heterocycles. The average Bonchev–Trinajstić information content (AvgIpc) is 3.06. The Bertz CT molecular complexity index is 525. The van der Waals surface area contributed by atoms with Crippen molar-refractivity contribution in [2.45, 2.75) is 51.6 Å². The lowest BCUT2D eigenvalue weighted by Gasteiger charge is -2.24. The molecule has 1 N–H and O–H groups in total. The van der Waals surface area contributed by atoms with E-state index in [0.29, 0.717) is 6.04 Å². The molecule has 102 valence electrons. The summed E-state index contributed by atoms with van der Waals surface area (Å²) >= 11 is 1.70. The van der Waals surface area contributed by atoms with E-state index in [4.69, 9.17) is 0 Å².